The largest absolute Gasteiger partial charge is 0.314 e. The van der Waals surface area contributed by atoms with Crippen molar-refractivity contribution in [2.75, 3.05) is 6.54 Å². The SMILES string of the molecule is CCNC(CCC(C)(C)C)CC12CC3CC(CC(C3)C1)C2. The zero-order valence-electron chi connectivity index (χ0n) is 14.9. The second-order valence-corrected chi connectivity index (χ2v) is 9.98. The van der Waals surface area contributed by atoms with Crippen molar-refractivity contribution in [3.8, 4) is 0 Å². The lowest BCUT2D eigenvalue weighted by molar-refractivity contribution is -0.0626. The molecule has 0 amide bonds. The van der Waals surface area contributed by atoms with Crippen LogP contribution in [0.25, 0.3) is 0 Å². The molecule has 1 heteroatoms. The van der Waals surface area contributed by atoms with Crippen molar-refractivity contribution < 1.29 is 0 Å². The average Bonchev–Trinajstić information content (AvgIpc) is 2.33. The highest BCUT2D eigenvalue weighted by Crippen LogP contribution is 2.61. The van der Waals surface area contributed by atoms with Gasteiger partial charge in [0, 0.05) is 6.04 Å². The third-order valence-electron chi connectivity index (χ3n) is 6.58. The normalized spacial score (nSPS) is 39.7. The van der Waals surface area contributed by atoms with Crippen molar-refractivity contribution in [2.24, 2.45) is 28.6 Å². The summed E-state index contributed by atoms with van der Waals surface area (Å²) in [6.45, 7) is 10.6. The summed E-state index contributed by atoms with van der Waals surface area (Å²) in [5.74, 6) is 3.29. The van der Waals surface area contributed by atoms with Crippen molar-refractivity contribution in [3.63, 3.8) is 0 Å². The summed E-state index contributed by atoms with van der Waals surface area (Å²) in [4.78, 5) is 0. The zero-order chi connectivity index (χ0) is 15.1. The number of hydrogen-bond acceptors (Lipinski definition) is 1. The monoisotopic (exact) mass is 291 g/mol. The van der Waals surface area contributed by atoms with Crippen molar-refractivity contribution in [1.29, 1.82) is 0 Å². The van der Waals surface area contributed by atoms with E-state index in [1.54, 1.807) is 38.5 Å². The molecule has 0 aromatic heterocycles. The third-order valence-corrected chi connectivity index (χ3v) is 6.58. The molecule has 0 saturated heterocycles. The van der Waals surface area contributed by atoms with Crippen molar-refractivity contribution in [2.45, 2.75) is 91.5 Å². The minimum absolute atomic E-state index is 0.481. The highest BCUT2D eigenvalue weighted by atomic mass is 14.9. The molecule has 0 aromatic carbocycles. The Balaban J connectivity index is 1.62. The van der Waals surface area contributed by atoms with Gasteiger partial charge < -0.3 is 5.32 Å². The standard InChI is InChI=1S/C20H37N/c1-5-21-18(6-7-19(2,3)4)14-20-11-15-8-16(12-20)10-17(9-15)13-20/h15-18,21H,5-14H2,1-4H3. The average molecular weight is 292 g/mol. The van der Waals surface area contributed by atoms with Gasteiger partial charge in [0.25, 0.3) is 0 Å². The first-order chi connectivity index (χ1) is 9.87. The maximum atomic E-state index is 3.83. The Bertz CT molecular complexity index is 316. The Morgan fingerprint density at radius 3 is 1.95 bits per heavy atom. The van der Waals surface area contributed by atoms with Gasteiger partial charge in [0.15, 0.2) is 0 Å². The van der Waals surface area contributed by atoms with Gasteiger partial charge in [0.05, 0.1) is 0 Å². The molecule has 4 aliphatic rings. The van der Waals surface area contributed by atoms with Gasteiger partial charge in [-0.25, -0.2) is 0 Å². The third kappa shape index (κ3) is 3.84. The van der Waals surface area contributed by atoms with Crippen LogP contribution in [-0.4, -0.2) is 12.6 Å². The van der Waals surface area contributed by atoms with Crippen molar-refractivity contribution in [3.05, 3.63) is 0 Å². The van der Waals surface area contributed by atoms with Gasteiger partial charge in [-0.15, -0.1) is 0 Å². The molecule has 1 N–H and O–H groups in total. The van der Waals surface area contributed by atoms with Crippen LogP contribution in [0.2, 0.25) is 0 Å². The van der Waals surface area contributed by atoms with Crippen LogP contribution in [0.4, 0.5) is 0 Å². The van der Waals surface area contributed by atoms with Crippen LogP contribution in [-0.2, 0) is 0 Å². The van der Waals surface area contributed by atoms with Gasteiger partial charge in [0.1, 0.15) is 0 Å². The fraction of sp³-hybridized carbons (Fsp3) is 1.00. The topological polar surface area (TPSA) is 12.0 Å². The van der Waals surface area contributed by atoms with E-state index in [1.165, 1.54) is 19.3 Å². The molecule has 1 atom stereocenters. The maximum absolute atomic E-state index is 3.83. The number of rotatable bonds is 6. The number of hydrogen-bond donors (Lipinski definition) is 1. The minimum Gasteiger partial charge on any atom is -0.314 e. The summed E-state index contributed by atoms with van der Waals surface area (Å²) < 4.78 is 0. The molecular formula is C20H37N. The number of nitrogens with one attached hydrogen (secondary N) is 1. The lowest BCUT2D eigenvalue weighted by Gasteiger charge is -2.58. The second kappa shape index (κ2) is 5.87. The van der Waals surface area contributed by atoms with Crippen LogP contribution in [0.5, 0.6) is 0 Å². The summed E-state index contributed by atoms with van der Waals surface area (Å²) in [6.07, 6.45) is 13.6. The lowest BCUT2D eigenvalue weighted by Crippen LogP contribution is -2.49. The van der Waals surface area contributed by atoms with Gasteiger partial charge in [-0.1, -0.05) is 27.7 Å². The first kappa shape index (κ1) is 15.8. The fourth-order valence-corrected chi connectivity index (χ4v) is 6.23. The lowest BCUT2D eigenvalue weighted by atomic mass is 9.48. The molecule has 1 nitrogen and oxygen atoms in total. The summed E-state index contributed by atoms with van der Waals surface area (Å²) in [5.41, 5.74) is 1.22. The molecular weight excluding hydrogens is 254 g/mol. The Kier molecular flexibility index (Phi) is 4.43. The van der Waals surface area contributed by atoms with E-state index >= 15 is 0 Å². The van der Waals surface area contributed by atoms with Crippen molar-refractivity contribution in [1.82, 2.24) is 5.32 Å². The van der Waals surface area contributed by atoms with E-state index in [0.717, 1.165) is 35.8 Å². The highest BCUT2D eigenvalue weighted by Gasteiger charge is 2.51. The van der Waals surface area contributed by atoms with Crippen molar-refractivity contribution >= 4 is 0 Å². The molecule has 4 fully saturated rings. The van der Waals surface area contributed by atoms with Gasteiger partial charge in [-0.2, -0.15) is 0 Å². The van der Waals surface area contributed by atoms with E-state index < -0.39 is 0 Å². The molecule has 4 bridgehead atoms. The van der Waals surface area contributed by atoms with Crippen LogP contribution in [0.3, 0.4) is 0 Å². The van der Waals surface area contributed by atoms with E-state index in [-0.39, 0.29) is 0 Å². The van der Waals surface area contributed by atoms with Gasteiger partial charge in [-0.3, -0.25) is 0 Å². The Morgan fingerprint density at radius 1 is 1.00 bits per heavy atom. The Labute approximate surface area is 132 Å². The molecule has 1 unspecified atom stereocenters. The van der Waals surface area contributed by atoms with E-state index in [2.05, 4.69) is 33.0 Å². The molecule has 0 aliphatic heterocycles. The van der Waals surface area contributed by atoms with Gasteiger partial charge in [-0.05, 0) is 92.9 Å². The van der Waals surface area contributed by atoms with Crippen LogP contribution >= 0.6 is 0 Å². The summed E-state index contributed by atoms with van der Waals surface area (Å²) in [5, 5.41) is 3.83. The highest BCUT2D eigenvalue weighted by molar-refractivity contribution is 5.02. The Morgan fingerprint density at radius 2 is 1.52 bits per heavy atom. The quantitative estimate of drug-likeness (QED) is 0.691. The molecule has 4 rings (SSSR count). The molecule has 122 valence electrons. The van der Waals surface area contributed by atoms with Gasteiger partial charge in [0.2, 0.25) is 0 Å². The second-order valence-electron chi connectivity index (χ2n) is 9.98. The molecule has 0 radical (unpaired) electrons. The molecule has 21 heavy (non-hydrogen) atoms. The summed E-state index contributed by atoms with van der Waals surface area (Å²) in [6, 6.07) is 0.769. The summed E-state index contributed by atoms with van der Waals surface area (Å²) >= 11 is 0. The van der Waals surface area contributed by atoms with E-state index in [9.17, 15) is 0 Å². The smallest absolute Gasteiger partial charge is 0.00724 e. The maximum Gasteiger partial charge on any atom is 0.00724 e. The first-order valence-electron chi connectivity index (χ1n) is 9.61. The van der Waals surface area contributed by atoms with Gasteiger partial charge >= 0.3 is 0 Å². The van der Waals surface area contributed by atoms with Crippen LogP contribution < -0.4 is 5.32 Å². The van der Waals surface area contributed by atoms with E-state index in [4.69, 9.17) is 0 Å². The molecule has 4 aliphatic carbocycles. The van der Waals surface area contributed by atoms with E-state index in [0.29, 0.717) is 5.41 Å². The first-order valence-corrected chi connectivity index (χ1v) is 9.61. The molecule has 0 aromatic rings. The molecule has 0 spiro atoms. The fourth-order valence-electron chi connectivity index (χ4n) is 6.23. The predicted octanol–water partition coefficient (Wildman–Crippen LogP) is 5.40. The van der Waals surface area contributed by atoms with Crippen LogP contribution in [0.1, 0.15) is 85.5 Å². The predicted molar refractivity (Wildman–Crippen MR) is 91.4 cm³/mol. The van der Waals surface area contributed by atoms with Crippen LogP contribution in [0.15, 0.2) is 0 Å². The zero-order valence-corrected chi connectivity index (χ0v) is 14.9. The summed E-state index contributed by atoms with van der Waals surface area (Å²) in [7, 11) is 0. The van der Waals surface area contributed by atoms with Crippen LogP contribution in [0, 0.1) is 28.6 Å². The molecule has 0 heterocycles. The minimum atomic E-state index is 0.481. The van der Waals surface area contributed by atoms with E-state index in [1.807, 2.05) is 0 Å². The Hall–Kier alpha value is -0.0400. The molecule has 4 saturated carbocycles.